The Bertz CT molecular complexity index is 358. The highest BCUT2D eigenvalue weighted by atomic mass is 16.5. The van der Waals surface area contributed by atoms with E-state index in [0.717, 1.165) is 44.8 Å². The van der Waals surface area contributed by atoms with Crippen LogP contribution in [0.4, 0.5) is 0 Å². The summed E-state index contributed by atoms with van der Waals surface area (Å²) in [6, 6.07) is 6.33. The van der Waals surface area contributed by atoms with Crippen LogP contribution >= 0.6 is 0 Å². The first-order valence-electron chi connectivity index (χ1n) is 7.09. The number of rotatable bonds is 6. The molecule has 0 aliphatic carbocycles. The summed E-state index contributed by atoms with van der Waals surface area (Å²) >= 11 is 0. The zero-order valence-electron chi connectivity index (χ0n) is 11.9. The van der Waals surface area contributed by atoms with E-state index in [2.05, 4.69) is 23.3 Å². The topological polar surface area (TPSA) is 43.4 Å². The van der Waals surface area contributed by atoms with Gasteiger partial charge >= 0.3 is 0 Å². The Labute approximate surface area is 115 Å². The van der Waals surface area contributed by atoms with E-state index in [1.165, 1.54) is 0 Å². The van der Waals surface area contributed by atoms with Gasteiger partial charge in [0.1, 0.15) is 0 Å². The van der Waals surface area contributed by atoms with Crippen LogP contribution in [0.25, 0.3) is 0 Å². The van der Waals surface area contributed by atoms with Gasteiger partial charge in [0, 0.05) is 57.0 Å². The molecule has 0 aromatic carbocycles. The van der Waals surface area contributed by atoms with Crippen molar-refractivity contribution in [3.8, 4) is 0 Å². The Kier molecular flexibility index (Phi) is 5.31. The van der Waals surface area contributed by atoms with Crippen molar-refractivity contribution in [1.29, 1.82) is 0 Å². The second-order valence-corrected chi connectivity index (χ2v) is 4.98. The van der Waals surface area contributed by atoms with Gasteiger partial charge < -0.3 is 14.8 Å². The summed E-state index contributed by atoms with van der Waals surface area (Å²) in [4.78, 5) is 4.43. The summed E-state index contributed by atoms with van der Waals surface area (Å²) in [6.45, 7) is 4.35. The number of aromatic nitrogens is 1. The minimum absolute atomic E-state index is 0.126. The van der Waals surface area contributed by atoms with Crippen molar-refractivity contribution in [2.75, 3.05) is 26.9 Å². The summed E-state index contributed by atoms with van der Waals surface area (Å²) in [5.41, 5.74) is 0.978. The van der Waals surface area contributed by atoms with Crippen molar-refractivity contribution in [1.82, 2.24) is 10.3 Å². The smallest absolute Gasteiger partial charge is 0.0882 e. The number of hydrogen-bond acceptors (Lipinski definition) is 4. The van der Waals surface area contributed by atoms with E-state index in [-0.39, 0.29) is 11.6 Å². The monoisotopic (exact) mass is 264 g/mol. The van der Waals surface area contributed by atoms with E-state index in [1.807, 2.05) is 25.4 Å². The van der Waals surface area contributed by atoms with Crippen LogP contribution in [0.2, 0.25) is 0 Å². The molecule has 1 aromatic heterocycles. The van der Waals surface area contributed by atoms with Gasteiger partial charge in [0.05, 0.1) is 5.60 Å². The molecule has 0 saturated carbocycles. The van der Waals surface area contributed by atoms with Crippen molar-refractivity contribution in [2.24, 2.45) is 0 Å². The van der Waals surface area contributed by atoms with E-state index < -0.39 is 0 Å². The lowest BCUT2D eigenvalue weighted by molar-refractivity contribution is -0.125. The fourth-order valence-electron chi connectivity index (χ4n) is 2.88. The van der Waals surface area contributed by atoms with Crippen LogP contribution in [0.3, 0.4) is 0 Å². The van der Waals surface area contributed by atoms with Gasteiger partial charge in [-0.2, -0.15) is 0 Å². The fourth-order valence-corrected chi connectivity index (χ4v) is 2.88. The normalized spacial score (nSPS) is 20.1. The number of ether oxygens (including phenoxy) is 2. The second-order valence-electron chi connectivity index (χ2n) is 4.98. The molecule has 1 aromatic rings. The van der Waals surface area contributed by atoms with Crippen LogP contribution in [-0.2, 0) is 15.9 Å². The summed E-state index contributed by atoms with van der Waals surface area (Å²) < 4.78 is 11.6. The molecule has 1 aliphatic rings. The first-order valence-corrected chi connectivity index (χ1v) is 7.09. The molecule has 0 spiro atoms. The molecule has 1 fully saturated rings. The molecule has 106 valence electrons. The third kappa shape index (κ3) is 3.53. The molecule has 1 atom stereocenters. The molecule has 0 radical (unpaired) electrons. The average molecular weight is 264 g/mol. The number of nitrogens with zero attached hydrogens (tertiary/aromatic N) is 1. The van der Waals surface area contributed by atoms with E-state index in [4.69, 9.17) is 9.47 Å². The molecule has 2 rings (SSSR count). The lowest BCUT2D eigenvalue weighted by Gasteiger charge is -2.43. The maximum Gasteiger partial charge on any atom is 0.0882 e. The van der Waals surface area contributed by atoms with Crippen LogP contribution in [0.15, 0.2) is 24.4 Å². The quantitative estimate of drug-likeness (QED) is 0.851. The molecule has 1 unspecified atom stereocenters. The Morgan fingerprint density at radius 1 is 1.42 bits per heavy atom. The van der Waals surface area contributed by atoms with Crippen LogP contribution in [0, 0.1) is 0 Å². The second kappa shape index (κ2) is 6.98. The van der Waals surface area contributed by atoms with Crippen molar-refractivity contribution in [3.63, 3.8) is 0 Å². The molecule has 1 aliphatic heterocycles. The van der Waals surface area contributed by atoms with Crippen molar-refractivity contribution in [3.05, 3.63) is 30.1 Å². The Balaban J connectivity index is 2.12. The van der Waals surface area contributed by atoms with Crippen LogP contribution < -0.4 is 5.32 Å². The Hall–Kier alpha value is -0.970. The maximum atomic E-state index is 6.13. The molecule has 4 heteroatoms. The van der Waals surface area contributed by atoms with Crippen LogP contribution in [0.1, 0.15) is 25.5 Å². The van der Waals surface area contributed by atoms with Crippen molar-refractivity contribution in [2.45, 2.75) is 37.8 Å². The standard InChI is InChI=1S/C15H24N2O2/c1-3-19-15(7-10-18-11-8-15)14(16-2)12-13-6-4-5-9-17-13/h4-6,9,14,16H,3,7-8,10-12H2,1-2H3. The molecular weight excluding hydrogens is 240 g/mol. The summed E-state index contributed by atoms with van der Waals surface area (Å²) in [5, 5.41) is 3.43. The minimum atomic E-state index is -0.126. The maximum absolute atomic E-state index is 6.13. The highest BCUT2D eigenvalue weighted by molar-refractivity contribution is 5.08. The van der Waals surface area contributed by atoms with E-state index in [1.54, 1.807) is 0 Å². The Morgan fingerprint density at radius 2 is 2.21 bits per heavy atom. The number of hydrogen-bond donors (Lipinski definition) is 1. The minimum Gasteiger partial charge on any atom is -0.381 e. The third-order valence-electron chi connectivity index (χ3n) is 3.89. The van der Waals surface area contributed by atoms with Gasteiger partial charge in [-0.1, -0.05) is 6.07 Å². The van der Waals surface area contributed by atoms with Gasteiger partial charge in [-0.05, 0) is 26.1 Å². The molecule has 19 heavy (non-hydrogen) atoms. The summed E-state index contributed by atoms with van der Waals surface area (Å²) in [6.07, 6.45) is 4.62. The van der Waals surface area contributed by atoms with Gasteiger partial charge in [-0.3, -0.25) is 4.98 Å². The Morgan fingerprint density at radius 3 is 2.79 bits per heavy atom. The van der Waals surface area contributed by atoms with E-state index in [9.17, 15) is 0 Å². The number of pyridine rings is 1. The van der Waals surface area contributed by atoms with E-state index >= 15 is 0 Å². The molecule has 0 amide bonds. The fraction of sp³-hybridized carbons (Fsp3) is 0.667. The van der Waals surface area contributed by atoms with Gasteiger partial charge in [-0.25, -0.2) is 0 Å². The van der Waals surface area contributed by atoms with Crippen molar-refractivity contribution >= 4 is 0 Å². The van der Waals surface area contributed by atoms with Crippen LogP contribution in [0.5, 0.6) is 0 Å². The molecule has 4 nitrogen and oxygen atoms in total. The lowest BCUT2D eigenvalue weighted by atomic mass is 9.83. The van der Waals surface area contributed by atoms with E-state index in [0.29, 0.717) is 0 Å². The first kappa shape index (κ1) is 14.4. The highest BCUT2D eigenvalue weighted by Gasteiger charge is 2.40. The first-order chi connectivity index (χ1) is 9.30. The number of likely N-dealkylation sites (N-methyl/N-ethyl adjacent to an activating group) is 1. The molecule has 0 bridgehead atoms. The predicted molar refractivity (Wildman–Crippen MR) is 75.2 cm³/mol. The molecule has 1 N–H and O–H groups in total. The molecule has 2 heterocycles. The van der Waals surface area contributed by atoms with Crippen molar-refractivity contribution < 1.29 is 9.47 Å². The summed E-state index contributed by atoms with van der Waals surface area (Å²) in [7, 11) is 2.00. The SMILES string of the molecule is CCOC1(C(Cc2ccccn2)NC)CCOCC1. The third-order valence-corrected chi connectivity index (χ3v) is 3.89. The highest BCUT2D eigenvalue weighted by Crippen LogP contribution is 2.30. The van der Waals surface area contributed by atoms with Gasteiger partial charge in [-0.15, -0.1) is 0 Å². The molecular formula is C15H24N2O2. The largest absolute Gasteiger partial charge is 0.381 e. The summed E-state index contributed by atoms with van der Waals surface area (Å²) in [5.74, 6) is 0. The average Bonchev–Trinajstić information content (AvgIpc) is 2.47. The van der Waals surface area contributed by atoms with Gasteiger partial charge in [0.2, 0.25) is 0 Å². The predicted octanol–water partition coefficient (Wildman–Crippen LogP) is 1.80. The van der Waals surface area contributed by atoms with Crippen LogP contribution in [-0.4, -0.2) is 43.5 Å². The zero-order chi connectivity index (χ0) is 13.6. The zero-order valence-corrected chi connectivity index (χ0v) is 11.9. The number of nitrogens with one attached hydrogen (secondary N) is 1. The molecule has 1 saturated heterocycles. The lowest BCUT2D eigenvalue weighted by Crippen LogP contribution is -2.55. The van der Waals surface area contributed by atoms with Gasteiger partial charge in [0.25, 0.3) is 0 Å². The van der Waals surface area contributed by atoms with Gasteiger partial charge in [0.15, 0.2) is 0 Å².